The molecule has 92 valence electrons. The van der Waals surface area contributed by atoms with Crippen molar-refractivity contribution in [2.45, 2.75) is 0 Å². The summed E-state index contributed by atoms with van der Waals surface area (Å²) in [5, 5.41) is 0. The van der Waals surface area contributed by atoms with Gasteiger partial charge in [-0.3, -0.25) is 0 Å². The van der Waals surface area contributed by atoms with Gasteiger partial charge in [0.25, 0.3) is 0 Å². The summed E-state index contributed by atoms with van der Waals surface area (Å²) < 4.78 is 0. The monoisotopic (exact) mass is 249 g/mol. The zero-order valence-corrected chi connectivity index (χ0v) is 10.1. The standard InChI is InChI=1S/C14H11N5/c1-2-6-19-7-3-4-10(12(19)5-1)13-15-8-11-14(18-13)17-9-16-11/h1-6,8-9H,7H2,(H,15,16,17,18). The molecule has 0 aliphatic carbocycles. The van der Waals surface area contributed by atoms with Gasteiger partial charge in [0.15, 0.2) is 11.5 Å². The third-order valence-corrected chi connectivity index (χ3v) is 3.22. The minimum Gasteiger partial charge on any atom is -0.344 e. The number of H-pyrrole nitrogens is 1. The molecule has 5 nitrogen and oxygen atoms in total. The van der Waals surface area contributed by atoms with E-state index in [9.17, 15) is 0 Å². The minimum absolute atomic E-state index is 0.693. The Labute approximate surface area is 109 Å². The molecule has 0 spiro atoms. The van der Waals surface area contributed by atoms with Gasteiger partial charge in [0.2, 0.25) is 0 Å². The van der Waals surface area contributed by atoms with Crippen molar-refractivity contribution in [3.63, 3.8) is 0 Å². The number of fused-ring (bicyclic) bond motifs is 2. The highest BCUT2D eigenvalue weighted by molar-refractivity contribution is 5.79. The highest BCUT2D eigenvalue weighted by Crippen LogP contribution is 2.27. The fourth-order valence-corrected chi connectivity index (χ4v) is 2.30. The lowest BCUT2D eigenvalue weighted by molar-refractivity contribution is 0.526. The van der Waals surface area contributed by atoms with Crippen LogP contribution in [0.2, 0.25) is 0 Å². The zero-order chi connectivity index (χ0) is 12.7. The second kappa shape index (κ2) is 3.91. The molecule has 0 saturated heterocycles. The van der Waals surface area contributed by atoms with Crippen molar-refractivity contribution >= 4 is 16.7 Å². The summed E-state index contributed by atoms with van der Waals surface area (Å²) >= 11 is 0. The van der Waals surface area contributed by atoms with Gasteiger partial charge >= 0.3 is 0 Å². The van der Waals surface area contributed by atoms with Crippen LogP contribution >= 0.6 is 0 Å². The molecule has 5 heteroatoms. The Morgan fingerprint density at radius 2 is 2.16 bits per heavy atom. The lowest BCUT2D eigenvalue weighted by Crippen LogP contribution is -2.21. The predicted molar refractivity (Wildman–Crippen MR) is 72.7 cm³/mol. The summed E-state index contributed by atoms with van der Waals surface area (Å²) in [4.78, 5) is 18.3. The first-order chi connectivity index (χ1) is 9.42. The summed E-state index contributed by atoms with van der Waals surface area (Å²) in [6.45, 7) is 0.879. The normalized spacial score (nSPS) is 17.4. The van der Waals surface area contributed by atoms with E-state index in [1.807, 2.05) is 12.2 Å². The molecule has 0 atom stereocenters. The summed E-state index contributed by atoms with van der Waals surface area (Å²) in [5.74, 6) is 0.704. The smallest absolute Gasteiger partial charge is 0.181 e. The summed E-state index contributed by atoms with van der Waals surface area (Å²) in [5.41, 5.74) is 3.70. The fraction of sp³-hybridized carbons (Fsp3) is 0.0714. The summed E-state index contributed by atoms with van der Waals surface area (Å²) in [6, 6.07) is 0. The van der Waals surface area contributed by atoms with Crippen LogP contribution in [0, 0.1) is 0 Å². The Kier molecular flexibility index (Phi) is 2.11. The number of hydrogen-bond acceptors (Lipinski definition) is 4. The Morgan fingerprint density at radius 3 is 3.16 bits per heavy atom. The lowest BCUT2D eigenvalue weighted by Gasteiger charge is -2.27. The molecule has 0 unspecified atom stereocenters. The van der Waals surface area contributed by atoms with E-state index in [0.29, 0.717) is 11.5 Å². The van der Waals surface area contributed by atoms with Crippen molar-refractivity contribution in [1.29, 1.82) is 0 Å². The van der Waals surface area contributed by atoms with Gasteiger partial charge in [-0.25, -0.2) is 15.0 Å². The van der Waals surface area contributed by atoms with E-state index in [1.165, 1.54) is 0 Å². The molecule has 0 bridgehead atoms. The van der Waals surface area contributed by atoms with Crippen molar-refractivity contribution < 1.29 is 0 Å². The van der Waals surface area contributed by atoms with Crippen LogP contribution in [-0.4, -0.2) is 31.4 Å². The molecule has 4 rings (SSSR count). The Morgan fingerprint density at radius 1 is 1.16 bits per heavy atom. The van der Waals surface area contributed by atoms with E-state index >= 15 is 0 Å². The van der Waals surface area contributed by atoms with Crippen molar-refractivity contribution in [3.05, 3.63) is 60.6 Å². The van der Waals surface area contributed by atoms with E-state index in [2.05, 4.69) is 49.3 Å². The third-order valence-electron chi connectivity index (χ3n) is 3.22. The SMILES string of the molecule is C1=CC2=C(c3ncc4[nH]cnc4n3)C=CCN2C=C1. The molecule has 0 amide bonds. The number of allylic oxidation sites excluding steroid dienone is 5. The van der Waals surface area contributed by atoms with E-state index in [-0.39, 0.29) is 0 Å². The molecule has 2 aliphatic rings. The molecule has 0 radical (unpaired) electrons. The molecule has 0 fully saturated rings. The maximum Gasteiger partial charge on any atom is 0.181 e. The largest absolute Gasteiger partial charge is 0.344 e. The number of rotatable bonds is 1. The van der Waals surface area contributed by atoms with Crippen LogP contribution in [-0.2, 0) is 0 Å². The number of nitrogens with one attached hydrogen (secondary N) is 1. The second-order valence-electron chi connectivity index (χ2n) is 4.39. The molecule has 2 aromatic heterocycles. The number of hydrogen-bond donors (Lipinski definition) is 1. The number of aromatic amines is 1. The van der Waals surface area contributed by atoms with E-state index in [1.54, 1.807) is 12.5 Å². The predicted octanol–water partition coefficient (Wildman–Crippen LogP) is 2.02. The number of nitrogens with zero attached hydrogens (tertiary/aromatic N) is 4. The van der Waals surface area contributed by atoms with Gasteiger partial charge in [0, 0.05) is 18.3 Å². The topological polar surface area (TPSA) is 57.7 Å². The van der Waals surface area contributed by atoms with E-state index in [0.717, 1.165) is 23.3 Å². The first-order valence-electron chi connectivity index (χ1n) is 6.11. The van der Waals surface area contributed by atoms with Crippen LogP contribution in [0.4, 0.5) is 0 Å². The van der Waals surface area contributed by atoms with Crippen LogP contribution in [0.5, 0.6) is 0 Å². The minimum atomic E-state index is 0.693. The second-order valence-corrected chi connectivity index (χ2v) is 4.39. The lowest BCUT2D eigenvalue weighted by atomic mass is 10.1. The maximum atomic E-state index is 4.50. The fourth-order valence-electron chi connectivity index (χ4n) is 2.30. The van der Waals surface area contributed by atoms with E-state index in [4.69, 9.17) is 0 Å². The van der Waals surface area contributed by atoms with Crippen LogP contribution in [0.1, 0.15) is 5.82 Å². The van der Waals surface area contributed by atoms with Gasteiger partial charge in [-0.2, -0.15) is 0 Å². The average molecular weight is 249 g/mol. The molecule has 0 saturated carbocycles. The molecule has 0 aromatic carbocycles. The van der Waals surface area contributed by atoms with Gasteiger partial charge < -0.3 is 9.88 Å². The van der Waals surface area contributed by atoms with Crippen LogP contribution < -0.4 is 0 Å². The summed E-state index contributed by atoms with van der Waals surface area (Å²) in [7, 11) is 0. The maximum absolute atomic E-state index is 4.50. The van der Waals surface area contributed by atoms with Crippen LogP contribution in [0.3, 0.4) is 0 Å². The number of aromatic nitrogens is 4. The Hall–Kier alpha value is -2.69. The van der Waals surface area contributed by atoms with Crippen molar-refractivity contribution in [2.24, 2.45) is 0 Å². The van der Waals surface area contributed by atoms with Crippen molar-refractivity contribution in [2.75, 3.05) is 6.54 Å². The van der Waals surface area contributed by atoms with Crippen LogP contribution in [0.25, 0.3) is 16.7 Å². The zero-order valence-electron chi connectivity index (χ0n) is 10.1. The van der Waals surface area contributed by atoms with Gasteiger partial charge in [-0.05, 0) is 12.2 Å². The first-order valence-corrected chi connectivity index (χ1v) is 6.11. The molecule has 4 heterocycles. The van der Waals surface area contributed by atoms with Gasteiger partial charge in [0.05, 0.1) is 18.2 Å². The van der Waals surface area contributed by atoms with Crippen LogP contribution in [0.15, 0.2) is 54.8 Å². The molecule has 2 aliphatic heterocycles. The molecule has 19 heavy (non-hydrogen) atoms. The highest BCUT2D eigenvalue weighted by Gasteiger charge is 2.17. The van der Waals surface area contributed by atoms with Gasteiger partial charge in [0.1, 0.15) is 5.52 Å². The quantitative estimate of drug-likeness (QED) is 0.840. The van der Waals surface area contributed by atoms with Gasteiger partial charge in [-0.15, -0.1) is 0 Å². The highest BCUT2D eigenvalue weighted by atomic mass is 15.1. The first kappa shape index (κ1) is 10.3. The average Bonchev–Trinajstić information content (AvgIpc) is 2.94. The Balaban J connectivity index is 1.90. The molecular weight excluding hydrogens is 238 g/mol. The Bertz CT molecular complexity index is 763. The van der Waals surface area contributed by atoms with Gasteiger partial charge in [-0.1, -0.05) is 18.2 Å². The molecule has 1 N–H and O–H groups in total. The van der Waals surface area contributed by atoms with Crippen molar-refractivity contribution in [3.8, 4) is 0 Å². The molecule has 2 aromatic rings. The van der Waals surface area contributed by atoms with Crippen molar-refractivity contribution in [1.82, 2.24) is 24.8 Å². The summed E-state index contributed by atoms with van der Waals surface area (Å²) in [6.07, 6.45) is 15.8. The third kappa shape index (κ3) is 1.59. The van der Waals surface area contributed by atoms with E-state index < -0.39 is 0 Å². The molecular formula is C14H11N5. The number of imidazole rings is 1.